The van der Waals surface area contributed by atoms with Crippen LogP contribution in [0.5, 0.6) is 0 Å². The van der Waals surface area contributed by atoms with Crippen LogP contribution in [0.3, 0.4) is 0 Å². The van der Waals surface area contributed by atoms with E-state index in [0.29, 0.717) is 24.2 Å². The van der Waals surface area contributed by atoms with Gasteiger partial charge in [-0.1, -0.05) is 17.7 Å². The van der Waals surface area contributed by atoms with Gasteiger partial charge in [-0.3, -0.25) is 4.79 Å². The van der Waals surface area contributed by atoms with Crippen LogP contribution in [-0.4, -0.2) is 17.3 Å². The minimum atomic E-state index is -0.519. The molecule has 1 heterocycles. The van der Waals surface area contributed by atoms with Gasteiger partial charge in [0.15, 0.2) is 5.78 Å². The summed E-state index contributed by atoms with van der Waals surface area (Å²) in [5, 5.41) is 2.60. The number of Topliss-reactive ketones (excluding diaryl/α,β-unsaturated/α-hetero) is 1. The Morgan fingerprint density at radius 1 is 1.47 bits per heavy atom. The van der Waals surface area contributed by atoms with E-state index in [2.05, 4.69) is 4.98 Å². The van der Waals surface area contributed by atoms with Crippen molar-refractivity contribution in [1.82, 2.24) is 4.98 Å². The lowest BCUT2D eigenvalue weighted by Crippen LogP contribution is -2.06. The van der Waals surface area contributed by atoms with Crippen molar-refractivity contribution in [1.29, 1.82) is 0 Å². The second kappa shape index (κ2) is 6.23. The summed E-state index contributed by atoms with van der Waals surface area (Å²) in [4.78, 5) is 16.2. The Morgan fingerprint density at radius 3 is 2.95 bits per heavy atom. The van der Waals surface area contributed by atoms with E-state index in [9.17, 15) is 9.18 Å². The van der Waals surface area contributed by atoms with Gasteiger partial charge in [-0.15, -0.1) is 11.3 Å². The van der Waals surface area contributed by atoms with Crippen molar-refractivity contribution in [2.75, 3.05) is 6.54 Å². The number of hydrogen-bond donors (Lipinski definition) is 1. The number of hydrogen-bond acceptors (Lipinski definition) is 4. The van der Waals surface area contributed by atoms with Crippen LogP contribution < -0.4 is 5.73 Å². The fraction of sp³-hybridized carbons (Fsp3) is 0.231. The summed E-state index contributed by atoms with van der Waals surface area (Å²) in [6, 6.07) is 4.35. The molecule has 1 aromatic carbocycles. The number of carbonyl (C=O) groups excluding carboxylic acids is 1. The molecule has 0 spiro atoms. The molecule has 3 nitrogen and oxygen atoms in total. The molecular formula is C13H12ClFN2OS. The van der Waals surface area contributed by atoms with E-state index < -0.39 is 5.82 Å². The molecule has 0 saturated carbocycles. The lowest BCUT2D eigenvalue weighted by molar-refractivity contribution is 0.0988. The Morgan fingerprint density at radius 2 is 2.26 bits per heavy atom. The van der Waals surface area contributed by atoms with Crippen LogP contribution in [0.15, 0.2) is 23.6 Å². The Bertz CT molecular complexity index is 600. The molecule has 6 heteroatoms. The lowest BCUT2D eigenvalue weighted by atomic mass is 10.1. The van der Waals surface area contributed by atoms with Crippen LogP contribution in [-0.2, 0) is 12.8 Å². The fourth-order valence-electron chi connectivity index (χ4n) is 1.60. The molecule has 0 fully saturated rings. The van der Waals surface area contributed by atoms with Crippen LogP contribution in [0.2, 0.25) is 5.02 Å². The van der Waals surface area contributed by atoms with Gasteiger partial charge in [0.1, 0.15) is 11.5 Å². The van der Waals surface area contributed by atoms with E-state index >= 15 is 0 Å². The van der Waals surface area contributed by atoms with Gasteiger partial charge in [-0.25, -0.2) is 9.37 Å². The van der Waals surface area contributed by atoms with E-state index in [4.69, 9.17) is 17.3 Å². The fourth-order valence-corrected chi connectivity index (χ4v) is 2.54. The first-order chi connectivity index (χ1) is 9.10. The molecule has 0 unspecified atom stereocenters. The van der Waals surface area contributed by atoms with Gasteiger partial charge in [0.2, 0.25) is 0 Å². The van der Waals surface area contributed by atoms with Gasteiger partial charge >= 0.3 is 0 Å². The second-order valence-corrected chi connectivity index (χ2v) is 5.36. The Balaban J connectivity index is 2.09. The minimum Gasteiger partial charge on any atom is -0.330 e. The quantitative estimate of drug-likeness (QED) is 0.864. The Kier molecular flexibility index (Phi) is 4.63. The third-order valence-electron chi connectivity index (χ3n) is 2.54. The molecule has 2 aromatic rings. The summed E-state index contributed by atoms with van der Waals surface area (Å²) in [5.41, 5.74) is 6.42. The average Bonchev–Trinajstić information content (AvgIpc) is 2.83. The topological polar surface area (TPSA) is 56.0 Å². The molecule has 0 aliphatic rings. The van der Waals surface area contributed by atoms with Crippen molar-refractivity contribution in [2.45, 2.75) is 12.8 Å². The van der Waals surface area contributed by atoms with Crippen LogP contribution in [0.4, 0.5) is 4.39 Å². The van der Waals surface area contributed by atoms with Crippen molar-refractivity contribution >= 4 is 28.7 Å². The first-order valence-corrected chi connectivity index (χ1v) is 6.97. The van der Waals surface area contributed by atoms with Gasteiger partial charge in [0, 0.05) is 18.2 Å². The first kappa shape index (κ1) is 14.1. The smallest absolute Gasteiger partial charge is 0.186 e. The third kappa shape index (κ3) is 3.59. The molecule has 19 heavy (non-hydrogen) atoms. The number of thiazole rings is 1. The largest absolute Gasteiger partial charge is 0.330 e. The molecular weight excluding hydrogens is 287 g/mol. The van der Waals surface area contributed by atoms with Crippen LogP contribution in [0, 0.1) is 5.82 Å². The molecule has 2 rings (SSSR count). The van der Waals surface area contributed by atoms with E-state index in [1.54, 1.807) is 11.4 Å². The summed E-state index contributed by atoms with van der Waals surface area (Å²) in [5.74, 6) is -0.657. The molecule has 0 aliphatic heterocycles. The highest BCUT2D eigenvalue weighted by atomic mass is 35.5. The monoisotopic (exact) mass is 298 g/mol. The average molecular weight is 299 g/mol. The molecule has 0 radical (unpaired) electrons. The maximum Gasteiger partial charge on any atom is 0.186 e. The van der Waals surface area contributed by atoms with Crippen molar-refractivity contribution in [3.05, 3.63) is 50.7 Å². The SMILES string of the molecule is NCCc1nc(C(=O)Cc2ccc(Cl)c(F)c2)cs1. The van der Waals surface area contributed by atoms with Gasteiger partial charge < -0.3 is 5.73 Å². The highest BCUT2D eigenvalue weighted by Gasteiger charge is 2.12. The molecule has 2 N–H and O–H groups in total. The number of ketones is 1. The summed E-state index contributed by atoms with van der Waals surface area (Å²) >= 11 is 7.00. The predicted molar refractivity (Wildman–Crippen MR) is 74.3 cm³/mol. The number of benzene rings is 1. The molecule has 0 saturated heterocycles. The highest BCUT2D eigenvalue weighted by molar-refractivity contribution is 7.09. The predicted octanol–water partition coefficient (Wildman–Crippen LogP) is 2.86. The molecule has 0 bridgehead atoms. The molecule has 0 amide bonds. The Hall–Kier alpha value is -1.30. The van der Waals surface area contributed by atoms with Gasteiger partial charge in [0.25, 0.3) is 0 Å². The standard InChI is InChI=1S/C13H12ClFN2OS/c14-9-2-1-8(5-10(9)15)6-12(18)11-7-19-13(17-11)3-4-16/h1-2,5,7H,3-4,6,16H2. The number of nitrogens with two attached hydrogens (primary N) is 1. The van der Waals surface area contributed by atoms with Crippen LogP contribution in [0.1, 0.15) is 21.1 Å². The number of nitrogens with zero attached hydrogens (tertiary/aromatic N) is 1. The van der Waals surface area contributed by atoms with E-state index in [0.717, 1.165) is 5.01 Å². The maximum absolute atomic E-state index is 13.3. The van der Waals surface area contributed by atoms with E-state index in [1.807, 2.05) is 0 Å². The number of carbonyl (C=O) groups is 1. The highest BCUT2D eigenvalue weighted by Crippen LogP contribution is 2.18. The second-order valence-electron chi connectivity index (χ2n) is 4.01. The van der Waals surface area contributed by atoms with Gasteiger partial charge in [-0.2, -0.15) is 0 Å². The number of rotatable bonds is 5. The molecule has 0 atom stereocenters. The van der Waals surface area contributed by atoms with Crippen molar-refractivity contribution in [3.8, 4) is 0 Å². The van der Waals surface area contributed by atoms with Crippen LogP contribution in [0.25, 0.3) is 0 Å². The zero-order valence-corrected chi connectivity index (χ0v) is 11.6. The zero-order valence-electron chi connectivity index (χ0n) is 10.0. The number of aromatic nitrogens is 1. The summed E-state index contributed by atoms with van der Waals surface area (Å²) in [6.45, 7) is 0.504. The van der Waals surface area contributed by atoms with E-state index in [1.165, 1.54) is 23.5 Å². The molecule has 1 aromatic heterocycles. The zero-order chi connectivity index (χ0) is 13.8. The Labute approximate surface area is 119 Å². The van der Waals surface area contributed by atoms with Gasteiger partial charge in [0.05, 0.1) is 10.0 Å². The summed E-state index contributed by atoms with van der Waals surface area (Å²) in [7, 11) is 0. The third-order valence-corrected chi connectivity index (χ3v) is 3.76. The van der Waals surface area contributed by atoms with Gasteiger partial charge in [-0.05, 0) is 24.2 Å². The summed E-state index contributed by atoms with van der Waals surface area (Å²) < 4.78 is 13.3. The van der Waals surface area contributed by atoms with Crippen molar-refractivity contribution in [2.24, 2.45) is 5.73 Å². The number of halogens is 2. The van der Waals surface area contributed by atoms with Crippen LogP contribution >= 0.6 is 22.9 Å². The minimum absolute atomic E-state index is 0.0510. The molecule has 100 valence electrons. The maximum atomic E-state index is 13.3. The van der Waals surface area contributed by atoms with E-state index in [-0.39, 0.29) is 17.2 Å². The van der Waals surface area contributed by atoms with Crippen molar-refractivity contribution in [3.63, 3.8) is 0 Å². The van der Waals surface area contributed by atoms with Crippen molar-refractivity contribution < 1.29 is 9.18 Å². The lowest BCUT2D eigenvalue weighted by Gasteiger charge is -2.00. The molecule has 0 aliphatic carbocycles. The normalized spacial score (nSPS) is 10.7. The summed E-state index contributed by atoms with van der Waals surface area (Å²) in [6.07, 6.45) is 0.771. The first-order valence-electron chi connectivity index (χ1n) is 5.71.